The Morgan fingerprint density at radius 1 is 0.967 bits per heavy atom. The van der Waals surface area contributed by atoms with Crippen LogP contribution in [-0.4, -0.2) is 49.6 Å². The van der Waals surface area contributed by atoms with Gasteiger partial charge in [-0.05, 0) is 42.5 Å². The Morgan fingerprint density at radius 3 is 2.37 bits per heavy atom. The minimum absolute atomic E-state index is 0.0403. The lowest BCUT2D eigenvalue weighted by Gasteiger charge is -2.35. The molecule has 0 aromatic heterocycles. The maximum absolute atomic E-state index is 13.1. The van der Waals surface area contributed by atoms with E-state index in [2.05, 4.69) is 19.2 Å². The zero-order chi connectivity index (χ0) is 21.3. The van der Waals surface area contributed by atoms with Crippen LogP contribution in [0.15, 0.2) is 54.6 Å². The zero-order valence-corrected chi connectivity index (χ0v) is 17.7. The third-order valence-electron chi connectivity index (χ3n) is 5.06. The number of nitrogens with zero attached hydrogens (tertiary/aromatic N) is 1. The smallest absolute Gasteiger partial charge is 0.255 e. The number of carbonyl (C=O) groups excluding carboxylic acids is 2. The summed E-state index contributed by atoms with van der Waals surface area (Å²) < 4.78 is 10.9. The largest absolute Gasteiger partial charge is 0.491 e. The number of piperidine rings is 1. The molecule has 2 unspecified atom stereocenters. The van der Waals surface area contributed by atoms with E-state index in [4.69, 9.17) is 9.47 Å². The summed E-state index contributed by atoms with van der Waals surface area (Å²) in [4.78, 5) is 27.2. The van der Waals surface area contributed by atoms with Crippen molar-refractivity contribution >= 4 is 17.5 Å². The highest BCUT2D eigenvalue weighted by atomic mass is 16.5. The third-order valence-corrected chi connectivity index (χ3v) is 5.06. The van der Waals surface area contributed by atoms with Gasteiger partial charge >= 0.3 is 0 Å². The first-order valence-electron chi connectivity index (χ1n) is 10.5. The third kappa shape index (κ3) is 6.32. The number of hydrogen-bond donors (Lipinski definition) is 1. The molecule has 0 saturated carbocycles. The Balaban J connectivity index is 1.49. The number of hydrogen-bond acceptors (Lipinski definition) is 4. The molecule has 1 N–H and O–H groups in total. The Labute approximate surface area is 178 Å². The number of benzene rings is 2. The lowest BCUT2D eigenvalue weighted by atomic mass is 9.91. The predicted molar refractivity (Wildman–Crippen MR) is 117 cm³/mol. The van der Waals surface area contributed by atoms with Gasteiger partial charge in [0.25, 0.3) is 5.91 Å². The molecule has 2 amide bonds. The molecule has 1 aliphatic heterocycles. The average molecular weight is 411 g/mol. The van der Waals surface area contributed by atoms with Gasteiger partial charge in [-0.3, -0.25) is 9.59 Å². The first kappa shape index (κ1) is 21.8. The number of rotatable bonds is 8. The fraction of sp³-hybridized carbons (Fsp3) is 0.417. The number of carbonyl (C=O) groups is 2. The number of amides is 2. The first-order chi connectivity index (χ1) is 14.5. The van der Waals surface area contributed by atoms with Crippen molar-refractivity contribution in [2.75, 3.05) is 38.2 Å². The molecule has 2 aromatic carbocycles. The Morgan fingerprint density at radius 2 is 1.63 bits per heavy atom. The molecular formula is C24H30N2O4. The molecule has 1 fully saturated rings. The van der Waals surface area contributed by atoms with Crippen LogP contribution in [0, 0.1) is 11.8 Å². The predicted octanol–water partition coefficient (Wildman–Crippen LogP) is 3.84. The van der Waals surface area contributed by atoms with Gasteiger partial charge in [0, 0.05) is 13.1 Å². The van der Waals surface area contributed by atoms with E-state index in [9.17, 15) is 9.59 Å². The minimum Gasteiger partial charge on any atom is -0.491 e. The highest BCUT2D eigenvalue weighted by Gasteiger charge is 2.27. The van der Waals surface area contributed by atoms with Gasteiger partial charge in [-0.2, -0.15) is 0 Å². The highest BCUT2D eigenvalue weighted by molar-refractivity contribution is 6.04. The molecule has 0 spiro atoms. The Kier molecular flexibility index (Phi) is 7.85. The van der Waals surface area contributed by atoms with Crippen LogP contribution in [-0.2, 0) is 9.53 Å². The topological polar surface area (TPSA) is 67.9 Å². The van der Waals surface area contributed by atoms with Crippen LogP contribution in [0.3, 0.4) is 0 Å². The monoisotopic (exact) mass is 410 g/mol. The summed E-state index contributed by atoms with van der Waals surface area (Å²) in [5, 5.41) is 2.81. The lowest BCUT2D eigenvalue weighted by molar-refractivity contribution is -0.120. The second kappa shape index (κ2) is 10.8. The number of anilines is 1. The Bertz CT molecular complexity index is 830. The normalized spacial score (nSPS) is 18.7. The summed E-state index contributed by atoms with van der Waals surface area (Å²) in [5.41, 5.74) is 1.03. The number of ether oxygens (including phenoxy) is 2. The van der Waals surface area contributed by atoms with E-state index in [1.165, 1.54) is 0 Å². The van der Waals surface area contributed by atoms with Crippen molar-refractivity contribution in [1.82, 2.24) is 4.90 Å². The Hall–Kier alpha value is -2.86. The summed E-state index contributed by atoms with van der Waals surface area (Å²) in [6, 6.07) is 16.6. The quantitative estimate of drug-likeness (QED) is 0.672. The van der Waals surface area contributed by atoms with Crippen LogP contribution in [0.1, 0.15) is 30.6 Å². The number of para-hydroxylation sites is 2. The van der Waals surface area contributed by atoms with Crippen molar-refractivity contribution in [2.24, 2.45) is 11.8 Å². The van der Waals surface area contributed by atoms with Crippen LogP contribution >= 0.6 is 0 Å². The van der Waals surface area contributed by atoms with Crippen molar-refractivity contribution in [3.63, 3.8) is 0 Å². The molecule has 1 aliphatic rings. The molecule has 2 aromatic rings. The molecule has 2 atom stereocenters. The summed E-state index contributed by atoms with van der Waals surface area (Å²) in [6.45, 7) is 6.39. The van der Waals surface area contributed by atoms with E-state index in [0.717, 1.165) is 25.3 Å². The second-order valence-corrected chi connectivity index (χ2v) is 7.96. The van der Waals surface area contributed by atoms with Crippen molar-refractivity contribution in [1.29, 1.82) is 0 Å². The van der Waals surface area contributed by atoms with Crippen LogP contribution in [0.4, 0.5) is 5.69 Å². The summed E-state index contributed by atoms with van der Waals surface area (Å²) >= 11 is 0. The van der Waals surface area contributed by atoms with Crippen LogP contribution in [0.25, 0.3) is 0 Å². The van der Waals surface area contributed by atoms with Gasteiger partial charge in [0.05, 0.1) is 17.9 Å². The van der Waals surface area contributed by atoms with Crippen molar-refractivity contribution in [3.05, 3.63) is 60.2 Å². The summed E-state index contributed by atoms with van der Waals surface area (Å²) in [6.07, 6.45) is 1.13. The molecule has 0 bridgehead atoms. The maximum Gasteiger partial charge on any atom is 0.255 e. The molecule has 6 nitrogen and oxygen atoms in total. The van der Waals surface area contributed by atoms with E-state index in [1.54, 1.807) is 12.1 Å². The molecule has 0 aliphatic carbocycles. The summed E-state index contributed by atoms with van der Waals surface area (Å²) in [7, 11) is 0. The maximum atomic E-state index is 13.1. The zero-order valence-electron chi connectivity index (χ0n) is 17.7. The van der Waals surface area contributed by atoms with E-state index in [1.807, 2.05) is 47.4 Å². The molecule has 0 radical (unpaired) electrons. The van der Waals surface area contributed by atoms with Gasteiger partial charge in [0.1, 0.15) is 19.0 Å². The first-order valence-corrected chi connectivity index (χ1v) is 10.5. The van der Waals surface area contributed by atoms with Gasteiger partial charge in [-0.25, -0.2) is 0 Å². The van der Waals surface area contributed by atoms with Gasteiger partial charge in [-0.15, -0.1) is 0 Å². The standard InChI is InChI=1S/C24H30N2O4/c1-18-14-19(2)16-26(15-18)24(28)21-10-6-7-11-22(21)25-23(27)17-29-12-13-30-20-8-4-3-5-9-20/h3-11,18-19H,12-17H2,1-2H3,(H,25,27). The number of likely N-dealkylation sites (tertiary alicyclic amines) is 1. The van der Waals surface area contributed by atoms with E-state index < -0.39 is 0 Å². The van der Waals surface area contributed by atoms with Crippen molar-refractivity contribution < 1.29 is 19.1 Å². The van der Waals surface area contributed by atoms with E-state index in [0.29, 0.717) is 36.3 Å². The van der Waals surface area contributed by atoms with Gasteiger partial charge in [0.2, 0.25) is 5.91 Å². The molecule has 160 valence electrons. The fourth-order valence-electron chi connectivity index (χ4n) is 3.86. The summed E-state index contributed by atoms with van der Waals surface area (Å²) in [5.74, 6) is 1.38. The van der Waals surface area contributed by atoms with Crippen LogP contribution in [0.5, 0.6) is 5.75 Å². The van der Waals surface area contributed by atoms with Crippen LogP contribution in [0.2, 0.25) is 0 Å². The fourth-order valence-corrected chi connectivity index (χ4v) is 3.86. The van der Waals surface area contributed by atoms with Gasteiger partial charge in [0.15, 0.2) is 0 Å². The van der Waals surface area contributed by atoms with E-state index >= 15 is 0 Å². The second-order valence-electron chi connectivity index (χ2n) is 7.96. The average Bonchev–Trinajstić information content (AvgIpc) is 2.73. The lowest BCUT2D eigenvalue weighted by Crippen LogP contribution is -2.42. The molecule has 30 heavy (non-hydrogen) atoms. The van der Waals surface area contributed by atoms with Crippen LogP contribution < -0.4 is 10.1 Å². The SMILES string of the molecule is CC1CC(C)CN(C(=O)c2ccccc2NC(=O)COCCOc2ccccc2)C1. The number of nitrogens with one attached hydrogen (secondary N) is 1. The highest BCUT2D eigenvalue weighted by Crippen LogP contribution is 2.25. The molecule has 1 saturated heterocycles. The molecule has 6 heteroatoms. The molecule has 3 rings (SSSR count). The molecular weight excluding hydrogens is 380 g/mol. The molecule has 1 heterocycles. The minimum atomic E-state index is -0.296. The van der Waals surface area contributed by atoms with Crippen molar-refractivity contribution in [3.8, 4) is 5.75 Å². The van der Waals surface area contributed by atoms with Gasteiger partial charge < -0.3 is 19.7 Å². The van der Waals surface area contributed by atoms with E-state index in [-0.39, 0.29) is 18.4 Å². The van der Waals surface area contributed by atoms with Gasteiger partial charge in [-0.1, -0.05) is 44.2 Å². The van der Waals surface area contributed by atoms with Crippen molar-refractivity contribution in [2.45, 2.75) is 20.3 Å².